The van der Waals surface area contributed by atoms with Crippen LogP contribution in [0.5, 0.6) is 0 Å². The van der Waals surface area contributed by atoms with Crippen molar-refractivity contribution in [2.24, 2.45) is 11.5 Å². The second-order valence-corrected chi connectivity index (χ2v) is 3.11. The van der Waals surface area contributed by atoms with E-state index in [-0.39, 0.29) is 27.7 Å². The lowest BCUT2D eigenvalue weighted by Crippen LogP contribution is -1.96. The second-order valence-electron chi connectivity index (χ2n) is 3.11. The maximum Gasteiger partial charge on any atom is 0.315 e. The number of carboxylic acids is 2. The predicted molar refractivity (Wildman–Crippen MR) is 82.2 cm³/mol. The number of hydrogen-bond donors (Lipinski definition) is 4. The Kier molecular flexibility index (Phi) is 29.8. The molecule has 0 aliphatic rings. The Balaban J connectivity index is -0.000000116. The van der Waals surface area contributed by atoms with Gasteiger partial charge in [-0.25, -0.2) is 0 Å². The molecule has 6 nitrogen and oxygen atoms in total. The van der Waals surface area contributed by atoms with E-state index in [1.807, 2.05) is 0 Å². The summed E-state index contributed by atoms with van der Waals surface area (Å²) >= 11 is 0. The van der Waals surface area contributed by atoms with E-state index in [0.29, 0.717) is 19.5 Å². The summed E-state index contributed by atoms with van der Waals surface area (Å²) in [6.07, 6.45) is 4.73. The molecule has 0 spiro atoms. The van der Waals surface area contributed by atoms with Gasteiger partial charge in [-0.2, -0.15) is 0 Å². The second kappa shape index (κ2) is 22.3. The van der Waals surface area contributed by atoms with E-state index in [2.05, 4.69) is 11.8 Å². The van der Waals surface area contributed by atoms with Crippen LogP contribution in [0.4, 0.5) is 0 Å². The third kappa shape index (κ3) is 36.0. The fourth-order valence-corrected chi connectivity index (χ4v) is 0.697. The molecule has 0 amide bonds. The third-order valence-corrected chi connectivity index (χ3v) is 1.43. The van der Waals surface area contributed by atoms with Gasteiger partial charge in [-0.3, -0.25) is 9.59 Å². The Labute approximate surface area is 121 Å². The molecular formula is C14H28N2O4. The zero-order valence-electron chi connectivity index (χ0n) is 10.3. The molecule has 6 heteroatoms. The summed E-state index contributed by atoms with van der Waals surface area (Å²) < 4.78 is 0. The third-order valence-electron chi connectivity index (χ3n) is 1.43. The normalized spacial score (nSPS) is 8.10. The lowest BCUT2D eigenvalue weighted by molar-refractivity contribution is -0.136. The van der Waals surface area contributed by atoms with Crippen molar-refractivity contribution >= 4 is 11.9 Å². The molecule has 20 heavy (non-hydrogen) atoms. The molecular weight excluding hydrogens is 260 g/mol. The summed E-state index contributed by atoms with van der Waals surface area (Å²) in [4.78, 5) is 19.7. The molecule has 0 aromatic carbocycles. The topological polar surface area (TPSA) is 127 Å². The molecule has 0 atom stereocenters. The molecule has 0 rings (SSSR count). The summed E-state index contributed by atoms with van der Waals surface area (Å²) in [6, 6.07) is 0. The maximum absolute atomic E-state index is 9.88. The van der Waals surface area contributed by atoms with Crippen LogP contribution < -0.4 is 11.5 Å². The van der Waals surface area contributed by atoms with E-state index < -0.39 is 11.9 Å². The minimum Gasteiger partial charge on any atom is -0.481 e. The predicted octanol–water partition coefficient (Wildman–Crippen LogP) is 1.45. The van der Waals surface area contributed by atoms with Gasteiger partial charge in [0.05, 0.1) is 6.42 Å². The molecule has 0 fully saturated rings. The highest BCUT2D eigenvalue weighted by Crippen LogP contribution is 1.84. The van der Waals surface area contributed by atoms with Gasteiger partial charge in [0, 0.05) is 13.0 Å². The van der Waals surface area contributed by atoms with Gasteiger partial charge in [0.15, 0.2) is 0 Å². The molecule has 0 bridgehead atoms. The Bertz CT molecular complexity index is 317. The molecule has 0 aliphatic heterocycles. The Hall–Kier alpha value is -1.84. The van der Waals surface area contributed by atoms with E-state index in [1.54, 1.807) is 12.2 Å². The van der Waals surface area contributed by atoms with Crippen molar-refractivity contribution < 1.29 is 19.8 Å². The quantitative estimate of drug-likeness (QED) is 0.433. The summed E-state index contributed by atoms with van der Waals surface area (Å²) in [7, 11) is 0. The average Bonchev–Trinajstić information content (AvgIpc) is 2.31. The molecule has 0 radical (unpaired) electrons. The van der Waals surface area contributed by atoms with Crippen LogP contribution in [0.2, 0.25) is 0 Å². The van der Waals surface area contributed by atoms with E-state index in [4.69, 9.17) is 21.7 Å². The molecule has 0 saturated heterocycles. The van der Waals surface area contributed by atoms with Crippen molar-refractivity contribution in [1.29, 1.82) is 0 Å². The van der Waals surface area contributed by atoms with E-state index in [0.717, 1.165) is 6.42 Å². The zero-order valence-corrected chi connectivity index (χ0v) is 10.3. The first-order valence-corrected chi connectivity index (χ1v) is 5.49. The van der Waals surface area contributed by atoms with E-state index >= 15 is 0 Å². The number of nitrogens with two attached hydrogens (primary N) is 2. The SMILES string of the molecule is C.C.NCC/C=C/CC(=O)O.NCCC#CCC(=O)O. The van der Waals surface area contributed by atoms with E-state index in [9.17, 15) is 9.59 Å². The van der Waals surface area contributed by atoms with Gasteiger partial charge < -0.3 is 21.7 Å². The minimum atomic E-state index is -0.889. The number of aliphatic carboxylic acids is 2. The first kappa shape index (κ1) is 26.7. The lowest BCUT2D eigenvalue weighted by atomic mass is 10.3. The van der Waals surface area contributed by atoms with Crippen LogP contribution in [0.1, 0.15) is 40.5 Å². The Morgan fingerprint density at radius 1 is 0.950 bits per heavy atom. The van der Waals surface area contributed by atoms with Gasteiger partial charge in [0.1, 0.15) is 6.42 Å². The first-order chi connectivity index (χ1) is 8.54. The van der Waals surface area contributed by atoms with Gasteiger partial charge in [-0.05, 0) is 13.0 Å². The summed E-state index contributed by atoms with van der Waals surface area (Å²) in [6.45, 7) is 1.07. The maximum atomic E-state index is 9.88. The average molecular weight is 288 g/mol. The highest BCUT2D eigenvalue weighted by atomic mass is 16.4. The van der Waals surface area contributed by atoms with Crippen LogP contribution in [-0.4, -0.2) is 35.2 Å². The van der Waals surface area contributed by atoms with Crippen molar-refractivity contribution in [1.82, 2.24) is 0 Å². The van der Waals surface area contributed by atoms with E-state index in [1.165, 1.54) is 0 Å². The highest BCUT2D eigenvalue weighted by Gasteiger charge is 1.87. The summed E-state index contributed by atoms with van der Waals surface area (Å²) in [5.74, 6) is 3.37. The Morgan fingerprint density at radius 3 is 1.95 bits per heavy atom. The summed E-state index contributed by atoms with van der Waals surface area (Å²) in [5.41, 5.74) is 10.2. The van der Waals surface area contributed by atoms with Gasteiger partial charge in [0.25, 0.3) is 0 Å². The molecule has 118 valence electrons. The fraction of sp³-hybridized carbons (Fsp3) is 0.571. The first-order valence-electron chi connectivity index (χ1n) is 5.49. The van der Waals surface area contributed by atoms with Gasteiger partial charge in [0.2, 0.25) is 0 Å². The van der Waals surface area contributed by atoms with Crippen molar-refractivity contribution in [2.75, 3.05) is 13.1 Å². The minimum absolute atomic E-state index is 0. The van der Waals surface area contributed by atoms with Crippen LogP contribution in [0.15, 0.2) is 12.2 Å². The monoisotopic (exact) mass is 288 g/mol. The van der Waals surface area contributed by atoms with Gasteiger partial charge in [-0.1, -0.05) is 32.9 Å². The summed E-state index contributed by atoms with van der Waals surface area (Å²) in [5, 5.41) is 16.2. The van der Waals surface area contributed by atoms with Crippen molar-refractivity contribution in [3.63, 3.8) is 0 Å². The van der Waals surface area contributed by atoms with Crippen molar-refractivity contribution in [2.45, 2.75) is 40.5 Å². The highest BCUT2D eigenvalue weighted by molar-refractivity contribution is 5.69. The van der Waals surface area contributed by atoms with Crippen molar-refractivity contribution in [3.8, 4) is 11.8 Å². The van der Waals surface area contributed by atoms with Crippen LogP contribution >= 0.6 is 0 Å². The smallest absolute Gasteiger partial charge is 0.315 e. The molecule has 0 aliphatic carbocycles. The molecule has 6 N–H and O–H groups in total. The molecule has 0 saturated carbocycles. The van der Waals surface area contributed by atoms with Gasteiger partial charge >= 0.3 is 11.9 Å². The lowest BCUT2D eigenvalue weighted by Gasteiger charge is -1.83. The molecule has 0 aromatic heterocycles. The number of carboxylic acid groups (broad SMARTS) is 2. The van der Waals surface area contributed by atoms with Crippen LogP contribution in [0.25, 0.3) is 0 Å². The molecule has 0 aromatic rings. The van der Waals surface area contributed by atoms with Crippen LogP contribution in [-0.2, 0) is 9.59 Å². The number of rotatable bonds is 6. The van der Waals surface area contributed by atoms with Crippen molar-refractivity contribution in [3.05, 3.63) is 12.2 Å². The molecule has 0 unspecified atom stereocenters. The Morgan fingerprint density at radius 2 is 1.55 bits per heavy atom. The number of carbonyl (C=O) groups is 2. The zero-order chi connectivity index (χ0) is 14.2. The molecule has 0 heterocycles. The largest absolute Gasteiger partial charge is 0.481 e. The van der Waals surface area contributed by atoms with Gasteiger partial charge in [-0.15, -0.1) is 5.92 Å². The van der Waals surface area contributed by atoms with Crippen LogP contribution in [0.3, 0.4) is 0 Å². The number of hydrogen-bond acceptors (Lipinski definition) is 4. The van der Waals surface area contributed by atoms with Crippen LogP contribution in [0, 0.1) is 11.8 Å². The standard InChI is InChI=1S/C6H11NO2.C6H9NO2.2CH4/c2*7-5-3-1-2-4-6(8)9;;/h1-2H,3-5,7H2,(H,8,9);3-5,7H2,(H,8,9);2*1H4/b2-1+;;;. The fourth-order valence-electron chi connectivity index (χ4n) is 0.697.